The average Bonchev–Trinajstić information content (AvgIpc) is 2.40. The summed E-state index contributed by atoms with van der Waals surface area (Å²) in [7, 11) is 2.10. The second kappa shape index (κ2) is 3.87. The molecule has 80 valence electrons. The molecule has 2 aliphatic heterocycles. The molecule has 0 aromatic heterocycles. The summed E-state index contributed by atoms with van der Waals surface area (Å²) in [6, 6.07) is 0.953. The SMILES string of the molecule is CN1[C@@H]2CCC[C@H]1[C@H](OC(=O)CO)C2. The summed E-state index contributed by atoms with van der Waals surface area (Å²) in [6.07, 6.45) is 4.49. The Labute approximate surface area is 83.8 Å². The van der Waals surface area contributed by atoms with E-state index in [4.69, 9.17) is 9.84 Å². The van der Waals surface area contributed by atoms with Crippen LogP contribution in [0.2, 0.25) is 0 Å². The van der Waals surface area contributed by atoms with E-state index in [0.29, 0.717) is 12.1 Å². The third-order valence-electron chi connectivity index (χ3n) is 3.48. The lowest BCUT2D eigenvalue weighted by Crippen LogP contribution is -2.40. The van der Waals surface area contributed by atoms with E-state index in [2.05, 4.69) is 11.9 Å². The quantitative estimate of drug-likeness (QED) is 0.643. The van der Waals surface area contributed by atoms with Crippen LogP contribution in [-0.2, 0) is 9.53 Å². The Morgan fingerprint density at radius 3 is 3.00 bits per heavy atom. The highest BCUT2D eigenvalue weighted by atomic mass is 16.6. The number of rotatable bonds is 2. The number of carbonyl (C=O) groups is 1. The summed E-state index contributed by atoms with van der Waals surface area (Å²) in [4.78, 5) is 13.3. The van der Waals surface area contributed by atoms with Gasteiger partial charge in [-0.2, -0.15) is 0 Å². The molecule has 2 rings (SSSR count). The van der Waals surface area contributed by atoms with Gasteiger partial charge in [0.25, 0.3) is 0 Å². The normalized spacial score (nSPS) is 37.1. The number of likely N-dealkylation sites (N-methyl/N-ethyl adjacent to an activating group) is 1. The number of hydrogen-bond acceptors (Lipinski definition) is 4. The number of hydrogen-bond donors (Lipinski definition) is 1. The number of piperidine rings is 1. The van der Waals surface area contributed by atoms with Crippen LogP contribution in [0, 0.1) is 0 Å². The van der Waals surface area contributed by atoms with Gasteiger partial charge in [0.05, 0.1) is 0 Å². The van der Waals surface area contributed by atoms with E-state index in [0.717, 1.165) is 12.8 Å². The third kappa shape index (κ3) is 1.64. The fourth-order valence-corrected chi connectivity index (χ4v) is 2.73. The molecule has 0 saturated carbocycles. The molecule has 0 aromatic rings. The van der Waals surface area contributed by atoms with Crippen molar-refractivity contribution < 1.29 is 14.6 Å². The summed E-state index contributed by atoms with van der Waals surface area (Å²) in [5.74, 6) is -0.490. The fourth-order valence-electron chi connectivity index (χ4n) is 2.73. The van der Waals surface area contributed by atoms with Crippen molar-refractivity contribution >= 4 is 5.97 Å². The van der Waals surface area contributed by atoms with Crippen molar-refractivity contribution in [1.29, 1.82) is 0 Å². The molecule has 3 atom stereocenters. The molecule has 0 aromatic carbocycles. The molecule has 14 heavy (non-hydrogen) atoms. The fraction of sp³-hybridized carbons (Fsp3) is 0.900. The predicted octanol–water partition coefficient (Wildman–Crippen LogP) is 0.147. The molecule has 0 aliphatic carbocycles. The molecule has 2 fully saturated rings. The molecule has 1 N–H and O–H groups in total. The lowest BCUT2D eigenvalue weighted by Gasteiger charge is -2.31. The Bertz CT molecular complexity index is 231. The standard InChI is InChI=1S/C10H17NO3/c1-11-7-3-2-4-8(11)9(5-7)14-10(13)6-12/h7-9,12H,2-6H2,1H3/t7-,8+,9-/m1/s1. The van der Waals surface area contributed by atoms with Crippen LogP contribution in [-0.4, -0.2) is 47.8 Å². The number of esters is 1. The Hall–Kier alpha value is -0.610. The van der Waals surface area contributed by atoms with Gasteiger partial charge < -0.3 is 9.84 Å². The second-order valence-corrected chi connectivity index (χ2v) is 4.24. The van der Waals surface area contributed by atoms with Crippen LogP contribution >= 0.6 is 0 Å². The van der Waals surface area contributed by atoms with Crippen molar-refractivity contribution in [3.05, 3.63) is 0 Å². The van der Waals surface area contributed by atoms with Gasteiger partial charge in [-0.1, -0.05) is 6.42 Å². The monoisotopic (exact) mass is 199 g/mol. The number of aliphatic hydroxyl groups is 1. The first-order valence-corrected chi connectivity index (χ1v) is 5.24. The summed E-state index contributed by atoms with van der Waals surface area (Å²) in [5, 5.41) is 8.61. The topological polar surface area (TPSA) is 49.8 Å². The van der Waals surface area contributed by atoms with Crippen LogP contribution < -0.4 is 0 Å². The molecule has 0 amide bonds. The smallest absolute Gasteiger partial charge is 0.332 e. The van der Waals surface area contributed by atoms with Crippen molar-refractivity contribution in [3.63, 3.8) is 0 Å². The number of fused-ring (bicyclic) bond motifs is 2. The van der Waals surface area contributed by atoms with Gasteiger partial charge in [-0.25, -0.2) is 4.79 Å². The number of nitrogens with zero attached hydrogens (tertiary/aromatic N) is 1. The van der Waals surface area contributed by atoms with Crippen LogP contribution in [0.3, 0.4) is 0 Å². The molecule has 4 nitrogen and oxygen atoms in total. The Balaban J connectivity index is 1.98. The summed E-state index contributed by atoms with van der Waals surface area (Å²) in [6.45, 7) is -0.502. The Morgan fingerprint density at radius 2 is 2.36 bits per heavy atom. The molecule has 0 radical (unpaired) electrons. The maximum Gasteiger partial charge on any atom is 0.332 e. The van der Waals surface area contributed by atoms with Gasteiger partial charge in [0.2, 0.25) is 0 Å². The van der Waals surface area contributed by atoms with Crippen LogP contribution in [0.25, 0.3) is 0 Å². The lowest BCUT2D eigenvalue weighted by molar-refractivity contribution is -0.153. The molecule has 2 aliphatic rings. The van der Waals surface area contributed by atoms with Crippen LogP contribution in [0.15, 0.2) is 0 Å². The molecular weight excluding hydrogens is 182 g/mol. The van der Waals surface area contributed by atoms with Crippen molar-refractivity contribution in [2.24, 2.45) is 0 Å². The highest BCUT2D eigenvalue weighted by molar-refractivity contribution is 5.70. The number of aliphatic hydroxyl groups excluding tert-OH is 1. The maximum atomic E-state index is 11.0. The van der Waals surface area contributed by atoms with Crippen molar-refractivity contribution in [2.45, 2.75) is 43.9 Å². The van der Waals surface area contributed by atoms with Gasteiger partial charge in [-0.15, -0.1) is 0 Å². The van der Waals surface area contributed by atoms with Crippen LogP contribution in [0.4, 0.5) is 0 Å². The summed E-state index contributed by atoms with van der Waals surface area (Å²) in [5.41, 5.74) is 0. The van der Waals surface area contributed by atoms with E-state index in [1.54, 1.807) is 0 Å². The highest BCUT2D eigenvalue weighted by Gasteiger charge is 2.43. The average molecular weight is 199 g/mol. The zero-order valence-corrected chi connectivity index (χ0v) is 8.48. The van der Waals surface area contributed by atoms with E-state index in [1.165, 1.54) is 12.8 Å². The Kier molecular flexibility index (Phi) is 2.74. The molecule has 4 heteroatoms. The van der Waals surface area contributed by atoms with Crippen LogP contribution in [0.1, 0.15) is 25.7 Å². The lowest BCUT2D eigenvalue weighted by atomic mass is 10.0. The zero-order valence-electron chi connectivity index (χ0n) is 8.48. The van der Waals surface area contributed by atoms with Crippen LogP contribution in [0.5, 0.6) is 0 Å². The van der Waals surface area contributed by atoms with E-state index < -0.39 is 12.6 Å². The molecule has 0 spiro atoms. The third-order valence-corrected chi connectivity index (χ3v) is 3.48. The first kappa shape index (κ1) is 9.93. The van der Waals surface area contributed by atoms with Crippen molar-refractivity contribution in [2.75, 3.05) is 13.7 Å². The maximum absolute atomic E-state index is 11.0. The van der Waals surface area contributed by atoms with Crippen molar-refractivity contribution in [3.8, 4) is 0 Å². The van der Waals surface area contributed by atoms with E-state index in [1.807, 2.05) is 0 Å². The van der Waals surface area contributed by atoms with Gasteiger partial charge in [0, 0.05) is 18.5 Å². The summed E-state index contributed by atoms with van der Waals surface area (Å²) < 4.78 is 5.21. The summed E-state index contributed by atoms with van der Waals surface area (Å²) >= 11 is 0. The minimum absolute atomic E-state index is 0.00662. The van der Waals surface area contributed by atoms with Crippen molar-refractivity contribution in [1.82, 2.24) is 4.90 Å². The molecule has 2 bridgehead atoms. The molecule has 0 unspecified atom stereocenters. The van der Waals surface area contributed by atoms with E-state index in [-0.39, 0.29) is 6.10 Å². The highest BCUT2D eigenvalue weighted by Crippen LogP contribution is 2.35. The Morgan fingerprint density at radius 1 is 1.57 bits per heavy atom. The zero-order chi connectivity index (χ0) is 10.1. The van der Waals surface area contributed by atoms with Gasteiger partial charge >= 0.3 is 5.97 Å². The van der Waals surface area contributed by atoms with Gasteiger partial charge in [0.15, 0.2) is 0 Å². The second-order valence-electron chi connectivity index (χ2n) is 4.24. The minimum atomic E-state index is -0.502. The molecule has 2 saturated heterocycles. The first-order chi connectivity index (χ1) is 6.72. The van der Waals surface area contributed by atoms with E-state index >= 15 is 0 Å². The van der Waals surface area contributed by atoms with Gasteiger partial charge in [-0.3, -0.25) is 4.90 Å². The number of carbonyl (C=O) groups excluding carboxylic acids is 1. The van der Waals surface area contributed by atoms with Gasteiger partial charge in [0.1, 0.15) is 12.7 Å². The largest absolute Gasteiger partial charge is 0.459 e. The predicted molar refractivity (Wildman–Crippen MR) is 50.8 cm³/mol. The van der Waals surface area contributed by atoms with E-state index in [9.17, 15) is 4.79 Å². The van der Waals surface area contributed by atoms with Gasteiger partial charge in [-0.05, 0) is 19.9 Å². The first-order valence-electron chi connectivity index (χ1n) is 5.24. The number of ether oxygens (including phenoxy) is 1. The minimum Gasteiger partial charge on any atom is -0.459 e. The molecule has 2 heterocycles. The molecular formula is C10H17NO3.